The maximum Gasteiger partial charge on any atom is 1.00 e. The molecular formula is C23H16Cl2FN2NaO4. The Morgan fingerprint density at radius 3 is 2.52 bits per heavy atom. The molecule has 0 aliphatic heterocycles. The van der Waals surface area contributed by atoms with Crippen LogP contribution in [0.2, 0.25) is 10.0 Å². The molecule has 0 amide bonds. The van der Waals surface area contributed by atoms with E-state index >= 15 is 0 Å². The van der Waals surface area contributed by atoms with Crippen LogP contribution < -0.4 is 39.4 Å². The molecule has 0 aliphatic rings. The van der Waals surface area contributed by atoms with Crippen LogP contribution in [-0.4, -0.2) is 20.9 Å². The maximum absolute atomic E-state index is 14.1. The first kappa shape index (κ1) is 25.5. The number of ether oxygens (including phenoxy) is 1. The Bertz CT molecular complexity index is 1330. The number of fused-ring (bicyclic) bond motifs is 1. The van der Waals surface area contributed by atoms with Gasteiger partial charge in [0.15, 0.2) is 0 Å². The zero-order valence-corrected chi connectivity index (χ0v) is 21.0. The molecule has 3 aromatic carbocycles. The summed E-state index contributed by atoms with van der Waals surface area (Å²) in [6, 6.07) is 14.0. The molecule has 0 saturated heterocycles. The first-order chi connectivity index (χ1) is 15.4. The number of hydrogen-bond donors (Lipinski definition) is 1. The predicted octanol–water partition coefficient (Wildman–Crippen LogP) is 0.969. The van der Waals surface area contributed by atoms with Gasteiger partial charge in [0.1, 0.15) is 18.2 Å². The van der Waals surface area contributed by atoms with Crippen LogP contribution >= 0.6 is 23.2 Å². The SMILES string of the molecule is O=C([O-])c1cccc2c1c(CO)nn2Cc1cc(Cl)ccc1OCc1ccc(Cl)cc1F.[Na+]. The number of aliphatic hydroxyl groups is 1. The Balaban J connectivity index is 0.00000306. The van der Waals surface area contributed by atoms with Crippen molar-refractivity contribution in [2.45, 2.75) is 19.8 Å². The van der Waals surface area contributed by atoms with Gasteiger partial charge in [0, 0.05) is 32.1 Å². The third-order valence-electron chi connectivity index (χ3n) is 4.96. The van der Waals surface area contributed by atoms with E-state index in [1.165, 1.54) is 12.1 Å². The molecule has 0 radical (unpaired) electrons. The third kappa shape index (κ3) is 5.51. The Morgan fingerprint density at radius 2 is 1.82 bits per heavy atom. The van der Waals surface area contributed by atoms with Crippen LogP contribution in [0.1, 0.15) is 27.2 Å². The number of benzene rings is 3. The van der Waals surface area contributed by atoms with Gasteiger partial charge in [-0.05, 0) is 36.4 Å². The molecular weight excluding hydrogens is 481 g/mol. The van der Waals surface area contributed by atoms with Gasteiger partial charge in [0.05, 0.1) is 30.3 Å². The number of aromatic carboxylic acids is 1. The van der Waals surface area contributed by atoms with E-state index in [1.54, 1.807) is 47.1 Å². The summed E-state index contributed by atoms with van der Waals surface area (Å²) in [5, 5.41) is 26.6. The molecule has 0 atom stereocenters. The number of aliphatic hydroxyl groups excluding tert-OH is 1. The Hall–Kier alpha value is -2.13. The van der Waals surface area contributed by atoms with Crippen molar-refractivity contribution < 1.29 is 53.7 Å². The Labute approximate surface area is 220 Å². The number of carboxylic acids is 1. The van der Waals surface area contributed by atoms with E-state index in [0.717, 1.165) is 0 Å². The minimum atomic E-state index is -1.36. The van der Waals surface area contributed by atoms with Crippen molar-refractivity contribution in [3.63, 3.8) is 0 Å². The minimum absolute atomic E-state index is 0. The largest absolute Gasteiger partial charge is 1.00 e. The molecule has 4 rings (SSSR count). The molecule has 0 bridgehead atoms. The van der Waals surface area contributed by atoms with Crippen molar-refractivity contribution in [3.05, 3.63) is 92.8 Å². The molecule has 0 aliphatic carbocycles. The van der Waals surface area contributed by atoms with Gasteiger partial charge in [-0.2, -0.15) is 5.10 Å². The van der Waals surface area contributed by atoms with Gasteiger partial charge >= 0.3 is 29.6 Å². The molecule has 0 saturated carbocycles. The number of rotatable bonds is 7. The molecule has 0 fully saturated rings. The van der Waals surface area contributed by atoms with Gasteiger partial charge in [0.25, 0.3) is 0 Å². The van der Waals surface area contributed by atoms with Gasteiger partial charge in [-0.3, -0.25) is 4.68 Å². The van der Waals surface area contributed by atoms with Crippen molar-refractivity contribution in [1.82, 2.24) is 9.78 Å². The first-order valence-corrected chi connectivity index (χ1v) is 10.3. The van der Waals surface area contributed by atoms with Crippen molar-refractivity contribution in [3.8, 4) is 5.75 Å². The second-order valence-corrected chi connectivity index (χ2v) is 7.90. The maximum atomic E-state index is 14.1. The third-order valence-corrected chi connectivity index (χ3v) is 5.43. The van der Waals surface area contributed by atoms with Crippen molar-refractivity contribution in [2.24, 2.45) is 0 Å². The average molecular weight is 497 g/mol. The van der Waals surface area contributed by atoms with Crippen molar-refractivity contribution in [1.29, 1.82) is 0 Å². The number of carbonyl (C=O) groups excluding carboxylic acids is 1. The van der Waals surface area contributed by atoms with Crippen LogP contribution in [0.25, 0.3) is 10.9 Å². The Kier molecular flexibility index (Phi) is 8.39. The summed E-state index contributed by atoms with van der Waals surface area (Å²) >= 11 is 12.0. The van der Waals surface area contributed by atoms with Gasteiger partial charge in [0.2, 0.25) is 0 Å². The molecule has 33 heavy (non-hydrogen) atoms. The molecule has 1 N–H and O–H groups in total. The minimum Gasteiger partial charge on any atom is -0.545 e. The average Bonchev–Trinajstić information content (AvgIpc) is 3.12. The van der Waals surface area contributed by atoms with Crippen molar-refractivity contribution in [2.75, 3.05) is 0 Å². The fraction of sp³-hybridized carbons (Fsp3) is 0.130. The summed E-state index contributed by atoms with van der Waals surface area (Å²) in [5.41, 5.74) is 1.64. The molecule has 0 spiro atoms. The first-order valence-electron chi connectivity index (χ1n) is 9.53. The van der Waals surface area contributed by atoms with Crippen LogP contribution in [0.5, 0.6) is 5.75 Å². The number of nitrogens with zero attached hydrogens (tertiary/aromatic N) is 2. The smallest absolute Gasteiger partial charge is 0.545 e. The fourth-order valence-electron chi connectivity index (χ4n) is 3.48. The molecule has 164 valence electrons. The van der Waals surface area contributed by atoms with Gasteiger partial charge < -0.3 is 19.7 Å². The number of carbonyl (C=O) groups is 1. The molecule has 0 unspecified atom stereocenters. The van der Waals surface area contributed by atoms with E-state index in [1.807, 2.05) is 0 Å². The summed E-state index contributed by atoms with van der Waals surface area (Å²) in [4.78, 5) is 11.5. The van der Waals surface area contributed by atoms with Crippen LogP contribution in [-0.2, 0) is 19.8 Å². The summed E-state index contributed by atoms with van der Waals surface area (Å²) < 4.78 is 21.5. The van der Waals surface area contributed by atoms with Crippen LogP contribution in [0, 0.1) is 5.82 Å². The predicted molar refractivity (Wildman–Crippen MR) is 116 cm³/mol. The number of aromatic nitrogens is 2. The number of hydrogen-bond acceptors (Lipinski definition) is 5. The number of halogens is 3. The summed E-state index contributed by atoms with van der Waals surface area (Å²) in [6.07, 6.45) is 0. The van der Waals surface area contributed by atoms with Crippen molar-refractivity contribution >= 4 is 40.1 Å². The van der Waals surface area contributed by atoms with Crippen LogP contribution in [0.4, 0.5) is 4.39 Å². The fourth-order valence-corrected chi connectivity index (χ4v) is 3.83. The second kappa shape index (κ2) is 10.9. The standard InChI is InChI=1S/C23H17Cl2FN2O4.Na/c24-15-6-7-21(32-12-13-4-5-16(25)9-18(13)26)14(8-15)10-28-20-3-1-2-17(23(30)31)22(20)19(11-29)27-28;/h1-9,29H,10-12H2,(H,30,31);/q;+1/p-1. The second-order valence-electron chi connectivity index (χ2n) is 7.03. The zero-order valence-electron chi connectivity index (χ0n) is 17.5. The molecule has 1 heterocycles. The number of carboxylic acid groups (broad SMARTS) is 1. The summed E-state index contributed by atoms with van der Waals surface area (Å²) in [6.45, 7) is -0.303. The van der Waals surface area contributed by atoms with E-state index in [9.17, 15) is 19.4 Å². The normalized spacial score (nSPS) is 10.8. The van der Waals surface area contributed by atoms with Gasteiger partial charge in [-0.1, -0.05) is 41.4 Å². The van der Waals surface area contributed by atoms with E-state index in [-0.39, 0.29) is 54.0 Å². The molecule has 6 nitrogen and oxygen atoms in total. The van der Waals surface area contributed by atoms with E-state index < -0.39 is 18.4 Å². The topological polar surface area (TPSA) is 87.4 Å². The summed E-state index contributed by atoms with van der Waals surface area (Å²) in [5.74, 6) is -1.39. The Morgan fingerprint density at radius 1 is 1.09 bits per heavy atom. The van der Waals surface area contributed by atoms with E-state index in [4.69, 9.17) is 27.9 Å². The van der Waals surface area contributed by atoms with E-state index in [0.29, 0.717) is 37.8 Å². The van der Waals surface area contributed by atoms with E-state index in [2.05, 4.69) is 5.10 Å². The van der Waals surface area contributed by atoms with Gasteiger partial charge in [-0.15, -0.1) is 0 Å². The van der Waals surface area contributed by atoms with Gasteiger partial charge in [-0.25, -0.2) is 4.39 Å². The van der Waals surface area contributed by atoms with Crippen LogP contribution in [0.15, 0.2) is 54.6 Å². The molecule has 4 aromatic rings. The molecule has 10 heteroatoms. The quantitative estimate of drug-likeness (QED) is 0.385. The van der Waals surface area contributed by atoms with Crippen LogP contribution in [0.3, 0.4) is 0 Å². The zero-order chi connectivity index (χ0) is 22.8. The summed E-state index contributed by atoms with van der Waals surface area (Å²) in [7, 11) is 0. The monoisotopic (exact) mass is 496 g/mol. The molecule has 1 aromatic heterocycles.